The summed E-state index contributed by atoms with van der Waals surface area (Å²) in [5.74, 6) is -0.188. The van der Waals surface area contributed by atoms with E-state index in [1.165, 1.54) is 19.2 Å². The molecule has 4 nitrogen and oxygen atoms in total. The predicted octanol–water partition coefficient (Wildman–Crippen LogP) is 1.61. The van der Waals surface area contributed by atoms with Crippen molar-refractivity contribution in [1.29, 1.82) is 0 Å². The van der Waals surface area contributed by atoms with Crippen molar-refractivity contribution < 1.29 is 13.9 Å². The van der Waals surface area contributed by atoms with Crippen LogP contribution in [0.5, 0.6) is 0 Å². The van der Waals surface area contributed by atoms with Crippen molar-refractivity contribution in [2.45, 2.75) is 19.9 Å². The summed E-state index contributed by atoms with van der Waals surface area (Å²) in [6.45, 7) is 3.95. The first kappa shape index (κ1) is 12.4. The number of methoxy groups -OCH3 is 1. The van der Waals surface area contributed by atoms with E-state index >= 15 is 0 Å². The third-order valence-electron chi connectivity index (χ3n) is 2.16. The summed E-state index contributed by atoms with van der Waals surface area (Å²) < 4.78 is 17.3. The highest BCUT2D eigenvalue weighted by Crippen LogP contribution is 2.13. The SMILES string of the molecule is COC(=O)CN(c1ccc(F)cn1)C(C)C. The second-order valence-corrected chi connectivity index (χ2v) is 3.63. The topological polar surface area (TPSA) is 42.4 Å². The number of nitrogens with zero attached hydrogens (tertiary/aromatic N) is 2. The summed E-state index contributed by atoms with van der Waals surface area (Å²) in [4.78, 5) is 16.9. The highest BCUT2D eigenvalue weighted by molar-refractivity contribution is 5.75. The number of aromatic nitrogens is 1. The van der Waals surface area contributed by atoms with Gasteiger partial charge in [0.05, 0.1) is 13.3 Å². The molecule has 1 rings (SSSR count). The number of rotatable bonds is 4. The largest absolute Gasteiger partial charge is 0.468 e. The van der Waals surface area contributed by atoms with Crippen LogP contribution in [0.25, 0.3) is 0 Å². The van der Waals surface area contributed by atoms with Gasteiger partial charge in [-0.2, -0.15) is 0 Å². The number of pyridine rings is 1. The molecule has 0 aliphatic carbocycles. The maximum Gasteiger partial charge on any atom is 0.325 e. The zero-order valence-electron chi connectivity index (χ0n) is 9.61. The van der Waals surface area contributed by atoms with E-state index in [1.54, 1.807) is 4.90 Å². The minimum Gasteiger partial charge on any atom is -0.468 e. The Bertz CT molecular complexity index is 352. The second kappa shape index (κ2) is 5.44. The smallest absolute Gasteiger partial charge is 0.325 e. The molecule has 0 fully saturated rings. The van der Waals surface area contributed by atoms with Gasteiger partial charge in [0.15, 0.2) is 0 Å². The number of anilines is 1. The minimum absolute atomic E-state index is 0.0806. The molecule has 0 aromatic carbocycles. The molecule has 88 valence electrons. The molecular formula is C11H15FN2O2. The van der Waals surface area contributed by atoms with Crippen molar-refractivity contribution >= 4 is 11.8 Å². The van der Waals surface area contributed by atoms with Crippen LogP contribution in [0.3, 0.4) is 0 Å². The fraction of sp³-hybridized carbons (Fsp3) is 0.455. The van der Waals surface area contributed by atoms with Crippen LogP contribution in [-0.4, -0.2) is 30.6 Å². The Kier molecular flexibility index (Phi) is 4.22. The van der Waals surface area contributed by atoms with Crippen LogP contribution in [0.15, 0.2) is 18.3 Å². The van der Waals surface area contributed by atoms with E-state index in [1.807, 2.05) is 13.8 Å². The van der Waals surface area contributed by atoms with Gasteiger partial charge in [0.2, 0.25) is 0 Å². The van der Waals surface area contributed by atoms with Crippen LogP contribution in [0, 0.1) is 5.82 Å². The number of hydrogen-bond acceptors (Lipinski definition) is 4. The lowest BCUT2D eigenvalue weighted by atomic mass is 10.3. The fourth-order valence-corrected chi connectivity index (χ4v) is 1.27. The summed E-state index contributed by atoms with van der Waals surface area (Å²) in [6.07, 6.45) is 1.13. The molecule has 0 unspecified atom stereocenters. The molecule has 0 spiro atoms. The Morgan fingerprint density at radius 2 is 2.25 bits per heavy atom. The summed E-state index contributed by atoms with van der Waals surface area (Å²) in [5, 5.41) is 0. The highest BCUT2D eigenvalue weighted by Gasteiger charge is 2.16. The van der Waals surface area contributed by atoms with E-state index in [2.05, 4.69) is 9.72 Å². The average molecular weight is 226 g/mol. The standard InChI is InChI=1S/C11H15FN2O2/c1-8(2)14(7-11(15)16-3)10-5-4-9(12)6-13-10/h4-6,8H,7H2,1-3H3. The van der Waals surface area contributed by atoms with Crippen LogP contribution >= 0.6 is 0 Å². The third-order valence-corrected chi connectivity index (χ3v) is 2.16. The predicted molar refractivity (Wildman–Crippen MR) is 58.7 cm³/mol. The molecule has 0 saturated carbocycles. The van der Waals surface area contributed by atoms with Crippen LogP contribution in [0.4, 0.5) is 10.2 Å². The molecule has 0 N–H and O–H groups in total. The lowest BCUT2D eigenvalue weighted by Gasteiger charge is -2.26. The highest BCUT2D eigenvalue weighted by atomic mass is 19.1. The number of halogens is 1. The lowest BCUT2D eigenvalue weighted by Crippen LogP contribution is -2.36. The van der Waals surface area contributed by atoms with Gasteiger partial charge >= 0.3 is 5.97 Å². The normalized spacial score (nSPS) is 10.3. The Morgan fingerprint density at radius 3 is 2.69 bits per heavy atom. The maximum atomic E-state index is 12.7. The van der Waals surface area contributed by atoms with Gasteiger partial charge in [0.1, 0.15) is 18.2 Å². The van der Waals surface area contributed by atoms with Gasteiger partial charge in [-0.25, -0.2) is 9.37 Å². The first-order valence-electron chi connectivity index (χ1n) is 4.99. The van der Waals surface area contributed by atoms with E-state index in [-0.39, 0.29) is 18.6 Å². The van der Waals surface area contributed by atoms with Gasteiger partial charge in [-0.3, -0.25) is 4.79 Å². The number of hydrogen-bond donors (Lipinski definition) is 0. The van der Waals surface area contributed by atoms with Crippen LogP contribution < -0.4 is 4.90 Å². The zero-order valence-corrected chi connectivity index (χ0v) is 9.61. The first-order valence-corrected chi connectivity index (χ1v) is 4.99. The zero-order chi connectivity index (χ0) is 12.1. The van der Waals surface area contributed by atoms with Gasteiger partial charge in [-0.15, -0.1) is 0 Å². The molecule has 1 aromatic heterocycles. The van der Waals surface area contributed by atoms with Crippen LogP contribution in [0.1, 0.15) is 13.8 Å². The van der Waals surface area contributed by atoms with Gasteiger partial charge in [-0.1, -0.05) is 0 Å². The molecule has 16 heavy (non-hydrogen) atoms. The van der Waals surface area contributed by atoms with E-state index in [0.717, 1.165) is 6.20 Å². The quantitative estimate of drug-likeness (QED) is 0.731. The average Bonchev–Trinajstić information content (AvgIpc) is 2.26. The number of carbonyl (C=O) groups is 1. The first-order chi connectivity index (χ1) is 7.54. The van der Waals surface area contributed by atoms with Crippen LogP contribution in [0.2, 0.25) is 0 Å². The summed E-state index contributed by atoms with van der Waals surface area (Å²) in [6, 6.07) is 2.94. The molecule has 0 saturated heterocycles. The van der Waals surface area contributed by atoms with Crippen molar-refractivity contribution in [1.82, 2.24) is 4.98 Å². The molecule has 5 heteroatoms. The van der Waals surface area contributed by atoms with Crippen molar-refractivity contribution in [2.24, 2.45) is 0 Å². The maximum absolute atomic E-state index is 12.7. The molecule has 0 aliphatic heterocycles. The second-order valence-electron chi connectivity index (χ2n) is 3.63. The Morgan fingerprint density at radius 1 is 1.56 bits per heavy atom. The molecule has 0 radical (unpaired) electrons. The van der Waals surface area contributed by atoms with Crippen molar-refractivity contribution in [2.75, 3.05) is 18.6 Å². The monoisotopic (exact) mass is 226 g/mol. The fourth-order valence-electron chi connectivity index (χ4n) is 1.27. The number of ether oxygens (including phenoxy) is 1. The van der Waals surface area contributed by atoms with Gasteiger partial charge in [0, 0.05) is 6.04 Å². The number of esters is 1. The van der Waals surface area contributed by atoms with Gasteiger partial charge in [0.25, 0.3) is 0 Å². The van der Waals surface area contributed by atoms with E-state index in [9.17, 15) is 9.18 Å². The molecule has 0 aliphatic rings. The summed E-state index contributed by atoms with van der Waals surface area (Å²) >= 11 is 0. The Balaban J connectivity index is 2.85. The van der Waals surface area contributed by atoms with Gasteiger partial charge < -0.3 is 9.64 Å². The molecule has 0 bridgehead atoms. The van der Waals surface area contributed by atoms with E-state index in [0.29, 0.717) is 5.82 Å². The lowest BCUT2D eigenvalue weighted by molar-refractivity contribution is -0.139. The van der Waals surface area contributed by atoms with E-state index in [4.69, 9.17) is 0 Å². The molecule has 0 atom stereocenters. The van der Waals surface area contributed by atoms with Crippen molar-refractivity contribution in [3.8, 4) is 0 Å². The minimum atomic E-state index is -0.398. The molecule has 0 amide bonds. The summed E-state index contributed by atoms with van der Waals surface area (Å²) in [5.41, 5.74) is 0. The Hall–Kier alpha value is -1.65. The Labute approximate surface area is 94.0 Å². The molecule has 1 aromatic rings. The third kappa shape index (κ3) is 3.18. The molecular weight excluding hydrogens is 211 g/mol. The van der Waals surface area contributed by atoms with Crippen LogP contribution in [-0.2, 0) is 9.53 Å². The van der Waals surface area contributed by atoms with Crippen molar-refractivity contribution in [3.63, 3.8) is 0 Å². The molecule has 1 heterocycles. The number of carbonyl (C=O) groups excluding carboxylic acids is 1. The summed E-state index contributed by atoms with van der Waals surface area (Å²) in [7, 11) is 1.33. The van der Waals surface area contributed by atoms with E-state index < -0.39 is 5.82 Å². The van der Waals surface area contributed by atoms with Gasteiger partial charge in [-0.05, 0) is 26.0 Å². The van der Waals surface area contributed by atoms with Crippen molar-refractivity contribution in [3.05, 3.63) is 24.1 Å².